The van der Waals surface area contributed by atoms with E-state index in [1.165, 1.54) is 0 Å². The molecule has 3 rings (SSSR count). The van der Waals surface area contributed by atoms with Gasteiger partial charge in [0.1, 0.15) is 6.10 Å². The average Bonchev–Trinajstić information content (AvgIpc) is 2.46. The molecule has 1 atom stereocenters. The molecule has 6 nitrogen and oxygen atoms in total. The molecule has 1 aromatic rings. The lowest BCUT2D eigenvalue weighted by Gasteiger charge is -2.41. The Morgan fingerprint density at radius 3 is 2.54 bits per heavy atom. The van der Waals surface area contributed by atoms with Crippen LogP contribution in [0.25, 0.3) is 0 Å². The number of rotatable bonds is 3. The van der Waals surface area contributed by atoms with Gasteiger partial charge in [0.25, 0.3) is 0 Å². The van der Waals surface area contributed by atoms with Gasteiger partial charge < -0.3 is 4.74 Å². The van der Waals surface area contributed by atoms with Crippen LogP contribution in [-0.2, 0) is 9.53 Å². The molecule has 0 aromatic heterocycles. The summed E-state index contributed by atoms with van der Waals surface area (Å²) in [4.78, 5) is 23.2. The van der Waals surface area contributed by atoms with Gasteiger partial charge in [-0.05, 0) is 36.0 Å². The molecule has 0 spiro atoms. The van der Waals surface area contributed by atoms with Gasteiger partial charge in [0, 0.05) is 18.0 Å². The monoisotopic (exact) mass is 329 g/mol. The second kappa shape index (κ2) is 6.26. The van der Waals surface area contributed by atoms with E-state index in [2.05, 4.69) is 29.7 Å². The first kappa shape index (κ1) is 16.5. The molecule has 2 amide bonds. The highest BCUT2D eigenvalue weighted by molar-refractivity contribution is 6.06. The molecule has 6 heteroatoms. The van der Waals surface area contributed by atoms with Gasteiger partial charge in [0.15, 0.2) is 0 Å². The normalized spacial score (nSPS) is 22.9. The summed E-state index contributed by atoms with van der Waals surface area (Å²) in [6.07, 6.45) is 1.84. The van der Waals surface area contributed by atoms with Crippen LogP contribution in [0.3, 0.4) is 0 Å². The van der Waals surface area contributed by atoms with Crippen LogP contribution in [0.2, 0.25) is 0 Å². The second-order valence-corrected chi connectivity index (χ2v) is 7.44. The van der Waals surface area contributed by atoms with Crippen LogP contribution in [0, 0.1) is 11.3 Å². The highest BCUT2D eigenvalue weighted by Crippen LogP contribution is 2.41. The number of nitrogens with zero attached hydrogens (tertiary/aromatic N) is 1. The van der Waals surface area contributed by atoms with E-state index in [9.17, 15) is 9.59 Å². The predicted octanol–water partition coefficient (Wildman–Crippen LogP) is 3.28. The SMILES string of the molecule is CC1CC(=O)NN=C1c1ccc(NC(=O)OC2CC(C)(C)C2)cc1. The van der Waals surface area contributed by atoms with Crippen LogP contribution < -0.4 is 10.7 Å². The zero-order valence-electron chi connectivity index (χ0n) is 14.3. The van der Waals surface area contributed by atoms with Gasteiger partial charge in [-0.3, -0.25) is 10.1 Å². The number of amides is 2. The molecule has 128 valence electrons. The summed E-state index contributed by atoms with van der Waals surface area (Å²) in [7, 11) is 0. The molecule has 1 saturated carbocycles. The number of carbonyl (C=O) groups is 2. The first-order valence-electron chi connectivity index (χ1n) is 8.27. The fourth-order valence-corrected chi connectivity index (χ4v) is 3.28. The van der Waals surface area contributed by atoms with Crippen molar-refractivity contribution in [1.82, 2.24) is 5.43 Å². The number of hydrogen-bond donors (Lipinski definition) is 2. The highest BCUT2D eigenvalue weighted by Gasteiger charge is 2.38. The molecule has 2 aliphatic rings. The molecule has 1 aliphatic heterocycles. The van der Waals surface area contributed by atoms with Crippen LogP contribution in [0.4, 0.5) is 10.5 Å². The number of hydrogen-bond acceptors (Lipinski definition) is 4. The van der Waals surface area contributed by atoms with Crippen molar-refractivity contribution in [2.24, 2.45) is 16.4 Å². The van der Waals surface area contributed by atoms with Crippen molar-refractivity contribution in [3.8, 4) is 0 Å². The Balaban J connectivity index is 1.57. The fourth-order valence-electron chi connectivity index (χ4n) is 3.28. The Bertz CT molecular complexity index is 671. The van der Waals surface area contributed by atoms with Crippen LogP contribution in [0.1, 0.15) is 45.6 Å². The maximum absolute atomic E-state index is 11.9. The number of anilines is 1. The van der Waals surface area contributed by atoms with Crippen LogP contribution in [-0.4, -0.2) is 23.8 Å². The molecule has 24 heavy (non-hydrogen) atoms. The maximum atomic E-state index is 11.9. The number of hydrazone groups is 1. The van der Waals surface area contributed by atoms with Crippen molar-refractivity contribution >= 4 is 23.4 Å². The predicted molar refractivity (Wildman–Crippen MR) is 91.8 cm³/mol. The van der Waals surface area contributed by atoms with Crippen molar-refractivity contribution in [3.63, 3.8) is 0 Å². The van der Waals surface area contributed by atoms with Crippen LogP contribution in [0.5, 0.6) is 0 Å². The largest absolute Gasteiger partial charge is 0.446 e. The quantitative estimate of drug-likeness (QED) is 0.893. The molecule has 0 saturated heterocycles. The standard InChI is InChI=1S/C18H23N3O3/c1-11-8-15(22)20-21-16(11)12-4-6-13(7-5-12)19-17(23)24-14-9-18(2,3)10-14/h4-7,11,14H,8-10H2,1-3H3,(H,19,23)(H,20,22). The summed E-state index contributed by atoms with van der Waals surface area (Å²) < 4.78 is 5.38. The van der Waals surface area contributed by atoms with Gasteiger partial charge in [-0.2, -0.15) is 5.10 Å². The second-order valence-electron chi connectivity index (χ2n) is 7.44. The highest BCUT2D eigenvalue weighted by atomic mass is 16.6. The van der Waals surface area contributed by atoms with Gasteiger partial charge in [-0.1, -0.05) is 32.9 Å². The molecular formula is C18H23N3O3. The zero-order chi connectivity index (χ0) is 17.3. The molecule has 1 aromatic carbocycles. The van der Waals surface area contributed by atoms with E-state index in [1.807, 2.05) is 31.2 Å². The Labute approximate surface area is 141 Å². The van der Waals surface area contributed by atoms with E-state index >= 15 is 0 Å². The molecule has 1 aliphatic carbocycles. The zero-order valence-corrected chi connectivity index (χ0v) is 14.3. The summed E-state index contributed by atoms with van der Waals surface area (Å²) in [6, 6.07) is 7.39. The number of nitrogens with one attached hydrogen (secondary N) is 2. The lowest BCUT2D eigenvalue weighted by Crippen LogP contribution is -2.40. The third-order valence-electron chi connectivity index (χ3n) is 4.52. The minimum atomic E-state index is -0.418. The van der Waals surface area contributed by atoms with Gasteiger partial charge in [0.05, 0.1) is 5.71 Å². The number of ether oxygens (including phenoxy) is 1. The van der Waals surface area contributed by atoms with E-state index in [1.54, 1.807) is 0 Å². The van der Waals surface area contributed by atoms with Gasteiger partial charge in [-0.15, -0.1) is 0 Å². The van der Waals surface area contributed by atoms with Crippen LogP contribution >= 0.6 is 0 Å². The van der Waals surface area contributed by atoms with E-state index in [0.29, 0.717) is 12.1 Å². The van der Waals surface area contributed by atoms with Crippen molar-refractivity contribution in [2.75, 3.05) is 5.32 Å². The van der Waals surface area contributed by atoms with Crippen LogP contribution in [0.15, 0.2) is 29.4 Å². The summed E-state index contributed by atoms with van der Waals surface area (Å²) in [5.74, 6) is 0.0101. The molecule has 1 heterocycles. The molecular weight excluding hydrogens is 306 g/mol. The third kappa shape index (κ3) is 3.75. The van der Waals surface area contributed by atoms with E-state index in [0.717, 1.165) is 24.1 Å². The molecule has 1 fully saturated rings. The van der Waals surface area contributed by atoms with Crippen molar-refractivity contribution in [2.45, 2.75) is 46.1 Å². The molecule has 1 unspecified atom stereocenters. The fraction of sp³-hybridized carbons (Fsp3) is 0.500. The average molecular weight is 329 g/mol. The van der Waals surface area contributed by atoms with E-state index in [4.69, 9.17) is 4.74 Å². The Hall–Kier alpha value is -2.37. The van der Waals surface area contributed by atoms with Crippen molar-refractivity contribution in [3.05, 3.63) is 29.8 Å². The number of carbonyl (C=O) groups excluding carboxylic acids is 2. The summed E-state index contributed by atoms with van der Waals surface area (Å²) in [5.41, 5.74) is 5.24. The molecule has 2 N–H and O–H groups in total. The van der Waals surface area contributed by atoms with Gasteiger partial charge >= 0.3 is 6.09 Å². The lowest BCUT2D eigenvalue weighted by molar-refractivity contribution is -0.121. The third-order valence-corrected chi connectivity index (χ3v) is 4.52. The van der Waals surface area contributed by atoms with Gasteiger partial charge in [-0.25, -0.2) is 10.2 Å². The summed E-state index contributed by atoms with van der Waals surface area (Å²) in [5, 5.41) is 6.88. The summed E-state index contributed by atoms with van der Waals surface area (Å²) >= 11 is 0. The topological polar surface area (TPSA) is 79.8 Å². The Morgan fingerprint density at radius 1 is 1.29 bits per heavy atom. The van der Waals surface area contributed by atoms with Crippen molar-refractivity contribution < 1.29 is 14.3 Å². The smallest absolute Gasteiger partial charge is 0.411 e. The Kier molecular flexibility index (Phi) is 4.30. The maximum Gasteiger partial charge on any atom is 0.411 e. The first-order chi connectivity index (χ1) is 11.3. The van der Waals surface area contributed by atoms with Gasteiger partial charge in [0.2, 0.25) is 5.91 Å². The molecule has 0 bridgehead atoms. The number of benzene rings is 1. The minimum absolute atomic E-state index is 0.0142. The minimum Gasteiger partial charge on any atom is -0.446 e. The first-order valence-corrected chi connectivity index (χ1v) is 8.27. The Morgan fingerprint density at radius 2 is 1.96 bits per heavy atom. The van der Waals surface area contributed by atoms with E-state index < -0.39 is 6.09 Å². The summed E-state index contributed by atoms with van der Waals surface area (Å²) in [6.45, 7) is 6.31. The molecule has 0 radical (unpaired) electrons. The van der Waals surface area contributed by atoms with Crippen molar-refractivity contribution in [1.29, 1.82) is 0 Å². The van der Waals surface area contributed by atoms with E-state index in [-0.39, 0.29) is 23.3 Å². The lowest BCUT2D eigenvalue weighted by atomic mass is 9.70.